The summed E-state index contributed by atoms with van der Waals surface area (Å²) in [7, 11) is 1.91. The first-order valence-corrected chi connectivity index (χ1v) is 7.94. The molecule has 7 nitrogen and oxygen atoms in total. The maximum atomic E-state index is 13.3. The molecule has 2 atom stereocenters. The highest BCUT2D eigenvalue weighted by Crippen LogP contribution is 2.41. The van der Waals surface area contributed by atoms with Gasteiger partial charge in [-0.2, -0.15) is 5.26 Å². The molecule has 3 heterocycles. The zero-order chi connectivity index (χ0) is 17.6. The van der Waals surface area contributed by atoms with E-state index in [-0.39, 0.29) is 11.8 Å². The van der Waals surface area contributed by atoms with Crippen molar-refractivity contribution in [2.45, 2.75) is 11.5 Å². The summed E-state index contributed by atoms with van der Waals surface area (Å²) >= 11 is 0. The zero-order valence-corrected chi connectivity index (χ0v) is 13.6. The van der Waals surface area contributed by atoms with Crippen LogP contribution in [-0.4, -0.2) is 42.5 Å². The summed E-state index contributed by atoms with van der Waals surface area (Å²) in [6.45, 7) is 1.00. The topological polar surface area (TPSA) is 89.6 Å². The van der Waals surface area contributed by atoms with E-state index in [1.165, 1.54) is 6.07 Å². The lowest BCUT2D eigenvalue weighted by Gasteiger charge is -2.26. The summed E-state index contributed by atoms with van der Waals surface area (Å²) in [5, 5.41) is 12.0. The van der Waals surface area contributed by atoms with Crippen LogP contribution in [0.5, 0.6) is 0 Å². The molecule has 1 aromatic carbocycles. The summed E-state index contributed by atoms with van der Waals surface area (Å²) in [4.78, 5) is 29.0. The van der Waals surface area contributed by atoms with Crippen LogP contribution in [0.4, 0.5) is 10.5 Å². The number of amides is 3. The third-order valence-corrected chi connectivity index (χ3v) is 4.85. The Morgan fingerprint density at radius 1 is 1.32 bits per heavy atom. The van der Waals surface area contributed by atoms with Gasteiger partial charge in [0, 0.05) is 13.1 Å². The van der Waals surface area contributed by atoms with Crippen LogP contribution in [-0.2, 0) is 4.79 Å². The molecule has 0 unspecified atom stereocenters. The first kappa shape index (κ1) is 15.4. The van der Waals surface area contributed by atoms with Crippen molar-refractivity contribution in [3.8, 4) is 6.07 Å². The maximum absolute atomic E-state index is 13.3. The van der Waals surface area contributed by atoms with Crippen LogP contribution in [0.15, 0.2) is 47.1 Å². The monoisotopic (exact) mass is 336 g/mol. The van der Waals surface area contributed by atoms with Crippen LogP contribution < -0.4 is 10.2 Å². The van der Waals surface area contributed by atoms with Crippen molar-refractivity contribution in [2.24, 2.45) is 0 Å². The van der Waals surface area contributed by atoms with Crippen molar-refractivity contribution in [1.29, 1.82) is 5.26 Å². The largest absolute Gasteiger partial charge is 0.469 e. The summed E-state index contributed by atoms with van der Waals surface area (Å²) < 4.78 is 5.52. The van der Waals surface area contributed by atoms with Gasteiger partial charge < -0.3 is 14.6 Å². The molecule has 1 aromatic heterocycles. The molecule has 0 saturated carbocycles. The van der Waals surface area contributed by atoms with E-state index in [1.807, 2.05) is 24.1 Å². The summed E-state index contributed by atoms with van der Waals surface area (Å²) in [6, 6.07) is 11.6. The average molecular weight is 336 g/mol. The van der Waals surface area contributed by atoms with Crippen molar-refractivity contribution in [3.05, 3.63) is 54.0 Å². The Kier molecular flexibility index (Phi) is 3.37. The van der Waals surface area contributed by atoms with E-state index in [0.29, 0.717) is 30.1 Å². The van der Waals surface area contributed by atoms with Crippen LogP contribution in [0.2, 0.25) is 0 Å². The van der Waals surface area contributed by atoms with Gasteiger partial charge in [0.15, 0.2) is 0 Å². The van der Waals surface area contributed by atoms with Crippen molar-refractivity contribution < 1.29 is 14.0 Å². The molecular formula is C18H16N4O3. The number of nitrogens with one attached hydrogen (secondary N) is 1. The Hall–Kier alpha value is -3.11. The number of rotatable bonds is 2. The van der Waals surface area contributed by atoms with Gasteiger partial charge in [-0.3, -0.25) is 4.79 Å². The van der Waals surface area contributed by atoms with Crippen LogP contribution >= 0.6 is 0 Å². The standard InChI is InChI=1S/C18H16N4O3/c1-21-10-14(15-6-3-7-25-15)18(11-21)16(23)22(17(24)20-18)13-5-2-4-12(8-13)9-19/h2-8,14H,10-11H2,1H3,(H,20,24)/t14-,18-/m0/s1. The van der Waals surface area contributed by atoms with Crippen molar-refractivity contribution >= 4 is 17.6 Å². The lowest BCUT2D eigenvalue weighted by Crippen LogP contribution is -2.52. The highest BCUT2D eigenvalue weighted by Gasteiger charge is 2.61. The molecule has 0 aliphatic carbocycles. The Morgan fingerprint density at radius 2 is 2.16 bits per heavy atom. The fourth-order valence-corrected chi connectivity index (χ4v) is 3.77. The smallest absolute Gasteiger partial charge is 0.329 e. The van der Waals surface area contributed by atoms with E-state index in [2.05, 4.69) is 5.32 Å². The molecule has 3 amide bonds. The second-order valence-electron chi connectivity index (χ2n) is 6.47. The first-order chi connectivity index (χ1) is 12.0. The van der Waals surface area contributed by atoms with Crippen LogP contribution in [0.1, 0.15) is 17.2 Å². The second-order valence-corrected chi connectivity index (χ2v) is 6.47. The molecule has 0 bridgehead atoms. The zero-order valence-electron chi connectivity index (χ0n) is 13.6. The number of anilines is 1. The minimum Gasteiger partial charge on any atom is -0.469 e. The molecule has 1 N–H and O–H groups in total. The molecule has 0 radical (unpaired) electrons. The Labute approximate surface area is 144 Å². The number of furan rings is 1. The van der Waals surface area contributed by atoms with Gasteiger partial charge in [-0.1, -0.05) is 6.07 Å². The fraction of sp³-hybridized carbons (Fsp3) is 0.278. The van der Waals surface area contributed by atoms with Gasteiger partial charge in [-0.25, -0.2) is 9.69 Å². The van der Waals surface area contributed by atoms with Crippen molar-refractivity contribution in [1.82, 2.24) is 10.2 Å². The molecule has 2 saturated heterocycles. The fourth-order valence-electron chi connectivity index (χ4n) is 3.77. The van der Waals surface area contributed by atoms with E-state index in [0.717, 1.165) is 4.90 Å². The average Bonchev–Trinajstić information content (AvgIpc) is 3.28. The number of nitrogens with zero attached hydrogens (tertiary/aromatic N) is 3. The van der Waals surface area contributed by atoms with Gasteiger partial charge >= 0.3 is 6.03 Å². The van der Waals surface area contributed by atoms with Gasteiger partial charge in [-0.15, -0.1) is 0 Å². The molecule has 126 valence electrons. The number of carbonyl (C=O) groups is 2. The van der Waals surface area contributed by atoms with E-state index in [1.54, 1.807) is 30.5 Å². The van der Waals surface area contributed by atoms with Crippen molar-refractivity contribution in [2.75, 3.05) is 25.0 Å². The van der Waals surface area contributed by atoms with Crippen molar-refractivity contribution in [3.63, 3.8) is 0 Å². The van der Waals surface area contributed by atoms with E-state index >= 15 is 0 Å². The van der Waals surface area contributed by atoms with Gasteiger partial charge in [0.25, 0.3) is 5.91 Å². The number of likely N-dealkylation sites (tertiary alicyclic amines) is 1. The van der Waals surface area contributed by atoms with Gasteiger partial charge in [0.2, 0.25) is 0 Å². The van der Waals surface area contributed by atoms with Crippen LogP contribution in [0, 0.1) is 11.3 Å². The normalized spacial score (nSPS) is 26.2. The number of benzene rings is 1. The molecule has 2 aliphatic rings. The third-order valence-electron chi connectivity index (χ3n) is 4.85. The third kappa shape index (κ3) is 2.22. The first-order valence-electron chi connectivity index (χ1n) is 7.94. The maximum Gasteiger partial charge on any atom is 0.329 e. The lowest BCUT2D eigenvalue weighted by molar-refractivity contribution is -0.122. The van der Waals surface area contributed by atoms with Crippen LogP contribution in [0.25, 0.3) is 0 Å². The van der Waals surface area contributed by atoms with Gasteiger partial charge in [0.05, 0.1) is 29.5 Å². The predicted molar refractivity (Wildman–Crippen MR) is 88.9 cm³/mol. The number of urea groups is 1. The molecule has 2 fully saturated rings. The minimum absolute atomic E-state index is 0.270. The molecular weight excluding hydrogens is 320 g/mol. The number of hydrogen-bond donors (Lipinski definition) is 1. The van der Waals surface area contributed by atoms with Gasteiger partial charge in [0.1, 0.15) is 11.3 Å². The van der Waals surface area contributed by atoms with Crippen LogP contribution in [0.3, 0.4) is 0 Å². The Balaban J connectivity index is 1.76. The number of carbonyl (C=O) groups excluding carboxylic acids is 2. The number of nitriles is 1. The number of imide groups is 1. The quantitative estimate of drug-likeness (QED) is 0.843. The van der Waals surface area contributed by atoms with E-state index in [4.69, 9.17) is 9.68 Å². The van der Waals surface area contributed by atoms with Gasteiger partial charge in [-0.05, 0) is 37.4 Å². The highest BCUT2D eigenvalue weighted by molar-refractivity contribution is 6.24. The SMILES string of the molecule is CN1C[C@@H](c2ccco2)[C@]2(C1)NC(=O)N(c1cccc(C#N)c1)C2=O. The minimum atomic E-state index is -1.06. The molecule has 2 aliphatic heterocycles. The molecule has 1 spiro atoms. The Bertz CT molecular complexity index is 886. The van der Waals surface area contributed by atoms with E-state index < -0.39 is 11.6 Å². The second kappa shape index (κ2) is 5.46. The summed E-state index contributed by atoms with van der Waals surface area (Å²) in [6.07, 6.45) is 1.57. The number of likely N-dealkylation sites (N-methyl/N-ethyl adjacent to an activating group) is 1. The lowest BCUT2D eigenvalue weighted by atomic mass is 9.85. The van der Waals surface area contributed by atoms with E-state index in [9.17, 15) is 9.59 Å². The Morgan fingerprint density at radius 3 is 2.88 bits per heavy atom. The molecule has 7 heteroatoms. The highest BCUT2D eigenvalue weighted by atomic mass is 16.3. The molecule has 25 heavy (non-hydrogen) atoms. The summed E-state index contributed by atoms with van der Waals surface area (Å²) in [5.74, 6) is 0.0806. The predicted octanol–water partition coefficient (Wildman–Crippen LogP) is 1.68. The summed E-state index contributed by atoms with van der Waals surface area (Å²) in [5.41, 5.74) is -0.275. The molecule has 4 rings (SSSR count). The molecule has 2 aromatic rings. The number of hydrogen-bond acceptors (Lipinski definition) is 5.